The molecule has 1 fully saturated rings. The van der Waals surface area contributed by atoms with Gasteiger partial charge in [0, 0.05) is 6.54 Å². The van der Waals surface area contributed by atoms with Crippen LogP contribution in [-0.4, -0.2) is 13.1 Å². The van der Waals surface area contributed by atoms with Crippen LogP contribution in [0, 0.1) is 23.2 Å². The number of benzene rings is 2. The highest BCUT2D eigenvalue weighted by atomic mass is 16.5. The number of nitrogens with one attached hydrogen (secondary N) is 1. The van der Waals surface area contributed by atoms with Gasteiger partial charge in [0.25, 0.3) is 0 Å². The second kappa shape index (κ2) is 5.91. The zero-order valence-electron chi connectivity index (χ0n) is 12.8. The minimum absolute atomic E-state index is 0.607. The lowest BCUT2D eigenvalue weighted by Gasteiger charge is -2.09. The fraction of sp³-hybridized carbons (Fsp3) is 0.250. The van der Waals surface area contributed by atoms with Crippen molar-refractivity contribution in [3.05, 3.63) is 65.7 Å². The predicted octanol–water partition coefficient (Wildman–Crippen LogP) is 3.97. The maximum Gasteiger partial charge on any atom is 0.128 e. The zero-order chi connectivity index (χ0) is 15.6. The summed E-state index contributed by atoms with van der Waals surface area (Å²) < 4.78 is 5.83. The molecule has 3 nitrogen and oxygen atoms in total. The first-order valence-electron chi connectivity index (χ1n) is 8.02. The van der Waals surface area contributed by atoms with Gasteiger partial charge in [-0.15, -0.1) is 0 Å². The second-order valence-electron chi connectivity index (χ2n) is 6.24. The molecule has 0 radical (unpaired) electrons. The first kappa shape index (κ1) is 14.0. The SMILES string of the molecule is N#Cc1cccc(Oc2ccc(C3=C[C@H]4CNC[C@H]4C3)cc2)c1. The van der Waals surface area contributed by atoms with E-state index < -0.39 is 0 Å². The van der Waals surface area contributed by atoms with Gasteiger partial charge in [0.1, 0.15) is 11.5 Å². The molecule has 0 amide bonds. The molecule has 2 aliphatic rings. The molecule has 4 rings (SSSR count). The molecule has 0 saturated carbocycles. The van der Waals surface area contributed by atoms with Crippen molar-refractivity contribution in [1.29, 1.82) is 5.26 Å². The Morgan fingerprint density at radius 3 is 2.70 bits per heavy atom. The van der Waals surface area contributed by atoms with Gasteiger partial charge in [0.2, 0.25) is 0 Å². The highest BCUT2D eigenvalue weighted by Gasteiger charge is 2.31. The van der Waals surface area contributed by atoms with E-state index in [9.17, 15) is 0 Å². The highest BCUT2D eigenvalue weighted by molar-refractivity contribution is 5.69. The standard InChI is InChI=1S/C20H18N2O/c21-11-14-2-1-3-20(8-14)23-19-6-4-15(5-7-19)16-9-17-12-22-13-18(17)10-16/h1-9,17-18,22H,10,12-13H2/t17-,18+/m0/s1. The molecule has 1 saturated heterocycles. The summed E-state index contributed by atoms with van der Waals surface area (Å²) >= 11 is 0. The molecule has 1 N–H and O–H groups in total. The number of allylic oxidation sites excluding steroid dienone is 1. The van der Waals surface area contributed by atoms with E-state index in [-0.39, 0.29) is 0 Å². The van der Waals surface area contributed by atoms with E-state index >= 15 is 0 Å². The number of nitriles is 1. The minimum Gasteiger partial charge on any atom is -0.457 e. The average molecular weight is 302 g/mol. The molecule has 1 heterocycles. The molecular formula is C20H18N2O. The van der Waals surface area contributed by atoms with Gasteiger partial charge in [-0.25, -0.2) is 0 Å². The van der Waals surface area contributed by atoms with E-state index in [1.807, 2.05) is 24.3 Å². The van der Waals surface area contributed by atoms with E-state index in [0.717, 1.165) is 24.8 Å². The van der Waals surface area contributed by atoms with Crippen LogP contribution in [0.1, 0.15) is 17.5 Å². The van der Waals surface area contributed by atoms with Crippen LogP contribution >= 0.6 is 0 Å². The molecule has 0 unspecified atom stereocenters. The van der Waals surface area contributed by atoms with Crippen LogP contribution in [0.4, 0.5) is 0 Å². The Labute approximate surface area is 136 Å². The largest absolute Gasteiger partial charge is 0.457 e. The van der Waals surface area contributed by atoms with Crippen molar-refractivity contribution in [2.24, 2.45) is 11.8 Å². The first-order valence-corrected chi connectivity index (χ1v) is 8.02. The summed E-state index contributed by atoms with van der Waals surface area (Å²) in [7, 11) is 0. The Balaban J connectivity index is 1.49. The van der Waals surface area contributed by atoms with Crippen molar-refractivity contribution >= 4 is 5.57 Å². The van der Waals surface area contributed by atoms with Crippen LogP contribution in [0.5, 0.6) is 11.5 Å². The summed E-state index contributed by atoms with van der Waals surface area (Å²) in [5.41, 5.74) is 3.35. The summed E-state index contributed by atoms with van der Waals surface area (Å²) in [6.45, 7) is 2.26. The van der Waals surface area contributed by atoms with Gasteiger partial charge >= 0.3 is 0 Å². The lowest BCUT2D eigenvalue weighted by Crippen LogP contribution is -2.09. The number of rotatable bonds is 3. The van der Waals surface area contributed by atoms with Gasteiger partial charge in [-0.3, -0.25) is 0 Å². The van der Waals surface area contributed by atoms with Gasteiger partial charge in [-0.05, 0) is 66.3 Å². The number of hydrogen-bond donors (Lipinski definition) is 1. The molecule has 0 aromatic heterocycles. The van der Waals surface area contributed by atoms with E-state index in [0.29, 0.717) is 17.2 Å². The van der Waals surface area contributed by atoms with Gasteiger partial charge in [-0.2, -0.15) is 5.26 Å². The highest BCUT2D eigenvalue weighted by Crippen LogP contribution is 2.38. The van der Waals surface area contributed by atoms with Crippen molar-refractivity contribution in [3.63, 3.8) is 0 Å². The van der Waals surface area contributed by atoms with Crippen LogP contribution in [0.3, 0.4) is 0 Å². The van der Waals surface area contributed by atoms with Crippen molar-refractivity contribution in [3.8, 4) is 17.6 Å². The molecule has 3 heteroatoms. The average Bonchev–Trinajstić information content (AvgIpc) is 3.17. The van der Waals surface area contributed by atoms with Crippen molar-refractivity contribution in [2.75, 3.05) is 13.1 Å². The molecule has 23 heavy (non-hydrogen) atoms. The zero-order valence-corrected chi connectivity index (χ0v) is 12.8. The number of fused-ring (bicyclic) bond motifs is 1. The topological polar surface area (TPSA) is 45.0 Å². The van der Waals surface area contributed by atoms with Crippen LogP contribution < -0.4 is 10.1 Å². The smallest absolute Gasteiger partial charge is 0.128 e. The molecule has 0 bridgehead atoms. The monoisotopic (exact) mass is 302 g/mol. The molecule has 2 atom stereocenters. The molecule has 0 spiro atoms. The molecule has 114 valence electrons. The molecule has 2 aromatic carbocycles. The summed E-state index contributed by atoms with van der Waals surface area (Å²) in [6.07, 6.45) is 3.60. The van der Waals surface area contributed by atoms with Crippen LogP contribution in [0.15, 0.2) is 54.6 Å². The Kier molecular flexibility index (Phi) is 3.61. The number of ether oxygens (including phenoxy) is 1. The summed E-state index contributed by atoms with van der Waals surface area (Å²) in [6, 6.07) is 17.6. The Bertz CT molecular complexity index is 786. The fourth-order valence-electron chi connectivity index (χ4n) is 3.50. The predicted molar refractivity (Wildman–Crippen MR) is 90.1 cm³/mol. The Morgan fingerprint density at radius 1 is 1.04 bits per heavy atom. The molecular weight excluding hydrogens is 284 g/mol. The van der Waals surface area contributed by atoms with Gasteiger partial charge in [0.15, 0.2) is 0 Å². The lowest BCUT2D eigenvalue weighted by atomic mass is 9.98. The number of nitrogens with zero attached hydrogens (tertiary/aromatic N) is 1. The van der Waals surface area contributed by atoms with E-state index in [2.05, 4.69) is 29.6 Å². The third-order valence-electron chi connectivity index (χ3n) is 4.71. The van der Waals surface area contributed by atoms with Crippen molar-refractivity contribution in [2.45, 2.75) is 6.42 Å². The van der Waals surface area contributed by atoms with E-state index in [4.69, 9.17) is 10.00 Å². The van der Waals surface area contributed by atoms with Crippen LogP contribution in [0.25, 0.3) is 5.57 Å². The maximum atomic E-state index is 8.94. The minimum atomic E-state index is 0.607. The Hall–Kier alpha value is -2.57. The van der Waals surface area contributed by atoms with Crippen molar-refractivity contribution < 1.29 is 4.74 Å². The van der Waals surface area contributed by atoms with Gasteiger partial charge in [0.05, 0.1) is 11.6 Å². The van der Waals surface area contributed by atoms with Crippen LogP contribution in [-0.2, 0) is 0 Å². The van der Waals surface area contributed by atoms with E-state index in [1.165, 1.54) is 17.6 Å². The number of hydrogen-bond acceptors (Lipinski definition) is 3. The summed E-state index contributed by atoms with van der Waals surface area (Å²) in [5, 5.41) is 12.4. The maximum absolute atomic E-state index is 8.94. The summed E-state index contributed by atoms with van der Waals surface area (Å²) in [4.78, 5) is 0. The third kappa shape index (κ3) is 2.86. The molecule has 2 aromatic rings. The summed E-state index contributed by atoms with van der Waals surface area (Å²) in [5.74, 6) is 2.96. The van der Waals surface area contributed by atoms with E-state index in [1.54, 1.807) is 12.1 Å². The first-order chi connectivity index (χ1) is 11.3. The van der Waals surface area contributed by atoms with Gasteiger partial charge in [-0.1, -0.05) is 24.3 Å². The normalized spacial score (nSPS) is 22.3. The van der Waals surface area contributed by atoms with Crippen LogP contribution in [0.2, 0.25) is 0 Å². The molecule has 1 aliphatic heterocycles. The quantitative estimate of drug-likeness (QED) is 0.933. The van der Waals surface area contributed by atoms with Crippen molar-refractivity contribution in [1.82, 2.24) is 5.32 Å². The second-order valence-corrected chi connectivity index (χ2v) is 6.24. The lowest BCUT2D eigenvalue weighted by molar-refractivity contribution is 0.482. The third-order valence-corrected chi connectivity index (χ3v) is 4.71. The fourth-order valence-corrected chi connectivity index (χ4v) is 3.50. The Morgan fingerprint density at radius 2 is 1.91 bits per heavy atom. The molecule has 1 aliphatic carbocycles. The van der Waals surface area contributed by atoms with Gasteiger partial charge < -0.3 is 10.1 Å².